The van der Waals surface area contributed by atoms with Crippen LogP contribution in [-0.2, 0) is 4.79 Å². The molecule has 0 saturated heterocycles. The van der Waals surface area contributed by atoms with E-state index < -0.39 is 0 Å². The number of nitrogens with one attached hydrogen (secondary N) is 4. The Labute approximate surface area is 179 Å². The van der Waals surface area contributed by atoms with E-state index in [1.807, 2.05) is 0 Å². The van der Waals surface area contributed by atoms with E-state index in [4.69, 9.17) is 11.5 Å². The van der Waals surface area contributed by atoms with Gasteiger partial charge in [0.1, 0.15) is 0 Å². The Bertz CT molecular complexity index is 343. The van der Waals surface area contributed by atoms with Gasteiger partial charge < -0.3 is 32.7 Å². The molecule has 7 heteroatoms. The maximum atomic E-state index is 12.0. The van der Waals surface area contributed by atoms with Gasteiger partial charge in [-0.25, -0.2) is 0 Å². The Morgan fingerprint density at radius 2 is 1.21 bits per heavy atom. The number of unbranched alkanes of at least 4 members (excludes halogenated alkanes) is 5. The van der Waals surface area contributed by atoms with Crippen LogP contribution in [0.25, 0.3) is 0 Å². The molecule has 0 heterocycles. The van der Waals surface area contributed by atoms with Crippen LogP contribution in [0.3, 0.4) is 0 Å². The molecule has 0 aliphatic rings. The molecule has 0 aliphatic carbocycles. The smallest absolute Gasteiger partial charge is 0.236 e. The van der Waals surface area contributed by atoms with Crippen molar-refractivity contribution in [2.45, 2.75) is 83.6 Å². The van der Waals surface area contributed by atoms with Gasteiger partial charge >= 0.3 is 0 Å². The summed E-state index contributed by atoms with van der Waals surface area (Å²) in [6.45, 7) is 9.84. The van der Waals surface area contributed by atoms with Crippen LogP contribution in [0.1, 0.15) is 77.6 Å². The molecule has 0 aliphatic heterocycles. The summed E-state index contributed by atoms with van der Waals surface area (Å²) < 4.78 is 0. The summed E-state index contributed by atoms with van der Waals surface area (Å²) in [6.07, 6.45) is 12.4. The number of hydrogen-bond donors (Lipinski definition) is 6. The topological polar surface area (TPSA) is 117 Å². The first-order valence-corrected chi connectivity index (χ1v) is 12.1. The Hall–Kier alpha value is -0.730. The van der Waals surface area contributed by atoms with E-state index in [-0.39, 0.29) is 11.9 Å². The van der Waals surface area contributed by atoms with Crippen molar-refractivity contribution in [1.29, 1.82) is 0 Å². The Morgan fingerprint density at radius 1 is 0.690 bits per heavy atom. The lowest BCUT2D eigenvalue weighted by Gasteiger charge is -2.12. The van der Waals surface area contributed by atoms with Crippen molar-refractivity contribution < 1.29 is 4.79 Å². The van der Waals surface area contributed by atoms with E-state index in [0.29, 0.717) is 6.54 Å². The molecule has 0 aromatic heterocycles. The van der Waals surface area contributed by atoms with Gasteiger partial charge in [0.25, 0.3) is 0 Å². The van der Waals surface area contributed by atoms with Crippen LogP contribution < -0.4 is 32.7 Å². The first-order chi connectivity index (χ1) is 14.2. The molecule has 0 fully saturated rings. The first-order valence-electron chi connectivity index (χ1n) is 12.1. The number of carbonyl (C=O) groups excluding carboxylic acids is 1. The molecule has 0 aromatic carbocycles. The van der Waals surface area contributed by atoms with Crippen molar-refractivity contribution in [3.63, 3.8) is 0 Å². The van der Waals surface area contributed by atoms with Gasteiger partial charge in [0.15, 0.2) is 0 Å². The molecule has 0 radical (unpaired) electrons. The summed E-state index contributed by atoms with van der Waals surface area (Å²) in [7, 11) is 0. The molecule has 29 heavy (non-hydrogen) atoms. The van der Waals surface area contributed by atoms with Crippen LogP contribution in [0.4, 0.5) is 0 Å². The summed E-state index contributed by atoms with van der Waals surface area (Å²) in [5.74, 6) is -0.0129. The molecule has 0 unspecified atom stereocenters. The van der Waals surface area contributed by atoms with Crippen LogP contribution in [0.2, 0.25) is 0 Å². The SMILES string of the molecule is CCCCCCNCCCC[C@H](N)C(=O)NCCCNCCCCNCCCN. The molecular formula is C22H50N6O. The molecule has 174 valence electrons. The van der Waals surface area contributed by atoms with Crippen molar-refractivity contribution in [3.8, 4) is 0 Å². The minimum absolute atomic E-state index is 0.0129. The lowest BCUT2D eigenvalue weighted by atomic mass is 10.1. The Balaban J connectivity index is 3.30. The van der Waals surface area contributed by atoms with E-state index in [1.54, 1.807) is 0 Å². The highest BCUT2D eigenvalue weighted by molar-refractivity contribution is 5.81. The predicted octanol–water partition coefficient (Wildman–Crippen LogP) is 1.47. The van der Waals surface area contributed by atoms with E-state index in [2.05, 4.69) is 28.2 Å². The van der Waals surface area contributed by atoms with Crippen LogP contribution >= 0.6 is 0 Å². The molecule has 0 saturated carbocycles. The second kappa shape index (κ2) is 23.5. The predicted molar refractivity (Wildman–Crippen MR) is 125 cm³/mol. The zero-order chi connectivity index (χ0) is 21.4. The fourth-order valence-electron chi connectivity index (χ4n) is 3.08. The second-order valence-corrected chi connectivity index (χ2v) is 7.91. The minimum Gasteiger partial charge on any atom is -0.355 e. The number of rotatable bonds is 23. The van der Waals surface area contributed by atoms with Gasteiger partial charge in [0.2, 0.25) is 5.91 Å². The van der Waals surface area contributed by atoms with Gasteiger partial charge in [-0.15, -0.1) is 0 Å². The normalized spacial score (nSPS) is 12.2. The third kappa shape index (κ3) is 21.8. The van der Waals surface area contributed by atoms with Gasteiger partial charge in [-0.1, -0.05) is 32.6 Å². The zero-order valence-corrected chi connectivity index (χ0v) is 19.1. The first kappa shape index (κ1) is 28.3. The summed E-state index contributed by atoms with van der Waals surface area (Å²) in [5.41, 5.74) is 11.4. The lowest BCUT2D eigenvalue weighted by molar-refractivity contribution is -0.122. The van der Waals surface area contributed by atoms with Crippen LogP contribution in [0, 0.1) is 0 Å². The quantitative estimate of drug-likeness (QED) is 0.141. The summed E-state index contributed by atoms with van der Waals surface area (Å²) in [6, 6.07) is -0.376. The standard InChI is InChI=1S/C22H50N6O/c1-2-3-4-6-14-25-15-7-5-12-21(24)22(29)28-20-11-19-27-17-9-8-16-26-18-10-13-23/h21,25-27H,2-20,23-24H2,1H3,(H,28,29)/t21-/m0/s1. The monoisotopic (exact) mass is 414 g/mol. The molecule has 7 nitrogen and oxygen atoms in total. The van der Waals surface area contributed by atoms with Crippen molar-refractivity contribution in [3.05, 3.63) is 0 Å². The fourth-order valence-corrected chi connectivity index (χ4v) is 3.08. The minimum atomic E-state index is -0.376. The van der Waals surface area contributed by atoms with Gasteiger partial charge in [0, 0.05) is 6.54 Å². The van der Waals surface area contributed by atoms with Gasteiger partial charge in [0.05, 0.1) is 6.04 Å². The highest BCUT2D eigenvalue weighted by atomic mass is 16.2. The van der Waals surface area contributed by atoms with E-state index >= 15 is 0 Å². The number of carbonyl (C=O) groups is 1. The average molecular weight is 415 g/mol. The third-order valence-corrected chi connectivity index (χ3v) is 5.01. The van der Waals surface area contributed by atoms with Crippen molar-refractivity contribution in [2.75, 3.05) is 52.4 Å². The largest absolute Gasteiger partial charge is 0.355 e. The summed E-state index contributed by atoms with van der Waals surface area (Å²) >= 11 is 0. The van der Waals surface area contributed by atoms with Crippen LogP contribution in [-0.4, -0.2) is 64.3 Å². The molecular weight excluding hydrogens is 364 g/mol. The average Bonchev–Trinajstić information content (AvgIpc) is 2.73. The summed E-state index contributed by atoms with van der Waals surface area (Å²) in [4.78, 5) is 12.0. The zero-order valence-electron chi connectivity index (χ0n) is 19.1. The van der Waals surface area contributed by atoms with Gasteiger partial charge in [-0.05, 0) is 90.8 Å². The highest BCUT2D eigenvalue weighted by Gasteiger charge is 2.11. The van der Waals surface area contributed by atoms with E-state index in [9.17, 15) is 4.79 Å². The number of amides is 1. The molecule has 0 spiro atoms. The molecule has 1 amide bonds. The second-order valence-electron chi connectivity index (χ2n) is 7.91. The van der Waals surface area contributed by atoms with Crippen molar-refractivity contribution in [1.82, 2.24) is 21.3 Å². The van der Waals surface area contributed by atoms with Crippen molar-refractivity contribution in [2.24, 2.45) is 11.5 Å². The molecule has 0 rings (SSSR count). The van der Waals surface area contributed by atoms with Gasteiger partial charge in [-0.2, -0.15) is 0 Å². The number of hydrogen-bond acceptors (Lipinski definition) is 6. The van der Waals surface area contributed by atoms with Crippen molar-refractivity contribution >= 4 is 5.91 Å². The highest BCUT2D eigenvalue weighted by Crippen LogP contribution is 2.00. The van der Waals surface area contributed by atoms with Crippen LogP contribution in [0.5, 0.6) is 0 Å². The van der Waals surface area contributed by atoms with Crippen LogP contribution in [0.15, 0.2) is 0 Å². The molecule has 8 N–H and O–H groups in total. The number of nitrogens with two attached hydrogens (primary N) is 2. The molecule has 0 bridgehead atoms. The van der Waals surface area contributed by atoms with E-state index in [0.717, 1.165) is 77.9 Å². The Morgan fingerprint density at radius 3 is 1.79 bits per heavy atom. The Kier molecular flexibility index (Phi) is 23.0. The molecule has 0 aromatic rings. The maximum Gasteiger partial charge on any atom is 0.236 e. The molecule has 1 atom stereocenters. The maximum absolute atomic E-state index is 12.0. The summed E-state index contributed by atoms with van der Waals surface area (Å²) in [5, 5.41) is 13.2. The van der Waals surface area contributed by atoms with Gasteiger partial charge in [-0.3, -0.25) is 4.79 Å². The fraction of sp³-hybridized carbons (Fsp3) is 0.955. The van der Waals surface area contributed by atoms with E-state index in [1.165, 1.54) is 38.5 Å². The third-order valence-electron chi connectivity index (χ3n) is 5.01. The lowest BCUT2D eigenvalue weighted by Crippen LogP contribution is -2.41.